The first kappa shape index (κ1) is 15.7. The number of azide groups is 1. The molecule has 0 aromatic heterocycles. The summed E-state index contributed by atoms with van der Waals surface area (Å²) in [5.41, 5.74) is 9.38. The highest BCUT2D eigenvalue weighted by atomic mass is 16.6. The number of fused-ring (bicyclic) bond motifs is 2. The van der Waals surface area contributed by atoms with Gasteiger partial charge in [-0.1, -0.05) is 35.4 Å². The van der Waals surface area contributed by atoms with E-state index in [-0.39, 0.29) is 18.2 Å². The lowest BCUT2D eigenvalue weighted by Gasteiger charge is -2.38. The molecule has 0 saturated carbocycles. The van der Waals surface area contributed by atoms with E-state index in [1.165, 1.54) is 0 Å². The van der Waals surface area contributed by atoms with Crippen LogP contribution < -0.4 is 0 Å². The number of carbonyl (C=O) groups excluding carboxylic acids is 1. The Kier molecular flexibility index (Phi) is 5.03. The summed E-state index contributed by atoms with van der Waals surface area (Å²) in [6.45, 7) is 0.884. The molecule has 6 heteroatoms. The van der Waals surface area contributed by atoms with Crippen LogP contribution >= 0.6 is 0 Å². The van der Waals surface area contributed by atoms with Crippen LogP contribution in [0.3, 0.4) is 0 Å². The topological polar surface area (TPSA) is 78.3 Å². The predicted molar refractivity (Wildman–Crippen MR) is 86.6 cm³/mol. The summed E-state index contributed by atoms with van der Waals surface area (Å²) in [5, 5.41) is 3.63. The molecule has 1 aromatic carbocycles. The van der Waals surface area contributed by atoms with E-state index >= 15 is 0 Å². The van der Waals surface area contributed by atoms with E-state index < -0.39 is 0 Å². The highest BCUT2D eigenvalue weighted by Crippen LogP contribution is 2.40. The Morgan fingerprint density at radius 3 is 2.61 bits per heavy atom. The molecule has 122 valence electrons. The van der Waals surface area contributed by atoms with Gasteiger partial charge in [0.25, 0.3) is 0 Å². The van der Waals surface area contributed by atoms with Gasteiger partial charge in [-0.25, -0.2) is 4.79 Å². The molecule has 2 heterocycles. The molecule has 0 radical (unpaired) electrons. The van der Waals surface area contributed by atoms with Gasteiger partial charge in [0, 0.05) is 23.5 Å². The maximum atomic E-state index is 12.4. The van der Waals surface area contributed by atoms with Crippen LogP contribution in [0.25, 0.3) is 10.4 Å². The number of ether oxygens (including phenoxy) is 1. The average molecular weight is 314 g/mol. The van der Waals surface area contributed by atoms with E-state index in [1.807, 2.05) is 35.2 Å². The summed E-state index contributed by atoms with van der Waals surface area (Å²) < 4.78 is 5.50. The Hall–Kier alpha value is -2.20. The minimum atomic E-state index is -0.185. The molecule has 2 bridgehead atoms. The summed E-state index contributed by atoms with van der Waals surface area (Å²) in [4.78, 5) is 17.2. The number of nitrogens with zero attached hydrogens (tertiary/aromatic N) is 4. The van der Waals surface area contributed by atoms with Gasteiger partial charge in [0.2, 0.25) is 0 Å². The lowest BCUT2D eigenvalue weighted by molar-refractivity contribution is 0.0523. The zero-order valence-electron chi connectivity index (χ0n) is 13.2. The predicted octanol–water partition coefficient (Wildman–Crippen LogP) is 4.27. The number of hydrogen-bond donors (Lipinski definition) is 0. The molecule has 2 fully saturated rings. The highest BCUT2D eigenvalue weighted by molar-refractivity contribution is 5.69. The van der Waals surface area contributed by atoms with Crippen molar-refractivity contribution >= 4 is 6.09 Å². The Morgan fingerprint density at radius 1 is 1.26 bits per heavy atom. The molecule has 0 N–H and O–H groups in total. The van der Waals surface area contributed by atoms with Crippen LogP contribution in [0.1, 0.15) is 37.7 Å². The van der Waals surface area contributed by atoms with E-state index in [1.54, 1.807) is 0 Å². The summed E-state index contributed by atoms with van der Waals surface area (Å²) in [7, 11) is 0. The first-order chi connectivity index (χ1) is 11.3. The molecular formula is C17H22N4O2. The minimum Gasteiger partial charge on any atom is -0.445 e. The Bertz CT molecular complexity index is 572. The molecule has 3 rings (SSSR count). The van der Waals surface area contributed by atoms with Crippen LogP contribution in [-0.2, 0) is 11.3 Å². The fourth-order valence-electron chi connectivity index (χ4n) is 3.90. The first-order valence-electron chi connectivity index (χ1n) is 8.28. The van der Waals surface area contributed by atoms with Crippen molar-refractivity contribution in [3.8, 4) is 0 Å². The molecular weight excluding hydrogens is 292 g/mol. The van der Waals surface area contributed by atoms with Gasteiger partial charge in [-0.05, 0) is 49.1 Å². The number of rotatable bonds is 5. The number of piperidine rings is 1. The fourth-order valence-corrected chi connectivity index (χ4v) is 3.90. The van der Waals surface area contributed by atoms with Gasteiger partial charge in [-0.15, -0.1) is 0 Å². The molecule has 2 unspecified atom stereocenters. The van der Waals surface area contributed by atoms with Crippen molar-refractivity contribution in [2.75, 3.05) is 6.54 Å². The van der Waals surface area contributed by atoms with Gasteiger partial charge < -0.3 is 9.64 Å². The smallest absolute Gasteiger partial charge is 0.410 e. The van der Waals surface area contributed by atoms with E-state index in [2.05, 4.69) is 10.0 Å². The lowest BCUT2D eigenvalue weighted by atomic mass is 9.88. The highest BCUT2D eigenvalue weighted by Gasteiger charge is 2.43. The van der Waals surface area contributed by atoms with Crippen LogP contribution in [0, 0.1) is 5.92 Å². The van der Waals surface area contributed by atoms with E-state index in [4.69, 9.17) is 10.3 Å². The maximum Gasteiger partial charge on any atom is 0.410 e. The van der Waals surface area contributed by atoms with E-state index in [0.29, 0.717) is 19.1 Å². The summed E-state index contributed by atoms with van der Waals surface area (Å²) in [6.07, 6.45) is 4.85. The zero-order chi connectivity index (χ0) is 16.1. The van der Waals surface area contributed by atoms with Crippen molar-refractivity contribution in [3.63, 3.8) is 0 Å². The average Bonchev–Trinajstić information content (AvgIpc) is 2.85. The molecule has 0 aliphatic carbocycles. The van der Waals surface area contributed by atoms with Gasteiger partial charge in [0.1, 0.15) is 6.61 Å². The van der Waals surface area contributed by atoms with Gasteiger partial charge >= 0.3 is 6.09 Å². The number of hydrogen-bond acceptors (Lipinski definition) is 3. The lowest BCUT2D eigenvalue weighted by Crippen LogP contribution is -2.46. The standard InChI is InChI=1S/C17H22N4O2/c18-20-19-9-8-14-10-15-6-7-16(11-14)21(15)17(22)23-12-13-4-2-1-3-5-13/h1-5,14-16H,6-12H2. The first-order valence-corrected chi connectivity index (χ1v) is 8.28. The van der Waals surface area contributed by atoms with Crippen LogP contribution in [-0.4, -0.2) is 29.6 Å². The molecule has 2 aliphatic heterocycles. The van der Waals surface area contributed by atoms with Gasteiger partial charge in [-0.2, -0.15) is 0 Å². The van der Waals surface area contributed by atoms with Crippen LogP contribution in [0.4, 0.5) is 4.79 Å². The minimum absolute atomic E-state index is 0.185. The number of amides is 1. The summed E-state index contributed by atoms with van der Waals surface area (Å²) in [6, 6.07) is 10.3. The van der Waals surface area contributed by atoms with Crippen LogP contribution in [0.15, 0.2) is 35.4 Å². The van der Waals surface area contributed by atoms with Crippen molar-refractivity contribution in [2.24, 2.45) is 11.0 Å². The summed E-state index contributed by atoms with van der Waals surface area (Å²) in [5.74, 6) is 0.552. The van der Waals surface area contributed by atoms with Crippen molar-refractivity contribution in [3.05, 3.63) is 46.3 Å². The molecule has 1 amide bonds. The third-order valence-electron chi connectivity index (χ3n) is 4.95. The van der Waals surface area contributed by atoms with Gasteiger partial charge in [0.05, 0.1) is 0 Å². The van der Waals surface area contributed by atoms with Crippen molar-refractivity contribution in [1.82, 2.24) is 4.90 Å². The second kappa shape index (κ2) is 7.38. The maximum absolute atomic E-state index is 12.4. The molecule has 6 nitrogen and oxygen atoms in total. The van der Waals surface area contributed by atoms with E-state index in [9.17, 15) is 4.79 Å². The normalized spacial score (nSPS) is 25.7. The Labute approximate surface area is 136 Å². The molecule has 2 aliphatic rings. The molecule has 0 spiro atoms. The SMILES string of the molecule is [N-]=[N+]=NCCC1CC2CCC(C1)N2C(=O)OCc1ccccc1. The third kappa shape index (κ3) is 3.77. The number of carbonyl (C=O) groups is 1. The van der Waals surface area contributed by atoms with E-state index in [0.717, 1.165) is 37.7 Å². The number of benzene rings is 1. The summed E-state index contributed by atoms with van der Waals surface area (Å²) >= 11 is 0. The van der Waals surface area contributed by atoms with Crippen molar-refractivity contribution in [2.45, 2.75) is 50.8 Å². The van der Waals surface area contributed by atoms with Crippen LogP contribution in [0.5, 0.6) is 0 Å². The Morgan fingerprint density at radius 2 is 1.96 bits per heavy atom. The second-order valence-corrected chi connectivity index (χ2v) is 6.41. The van der Waals surface area contributed by atoms with Crippen molar-refractivity contribution in [1.29, 1.82) is 0 Å². The molecule has 1 aromatic rings. The fraction of sp³-hybridized carbons (Fsp3) is 0.588. The Balaban J connectivity index is 1.53. The monoisotopic (exact) mass is 314 g/mol. The zero-order valence-corrected chi connectivity index (χ0v) is 13.2. The third-order valence-corrected chi connectivity index (χ3v) is 4.95. The van der Waals surface area contributed by atoms with Gasteiger partial charge in [0.15, 0.2) is 0 Å². The molecule has 23 heavy (non-hydrogen) atoms. The largest absolute Gasteiger partial charge is 0.445 e. The molecule has 2 atom stereocenters. The van der Waals surface area contributed by atoms with Crippen LogP contribution in [0.2, 0.25) is 0 Å². The van der Waals surface area contributed by atoms with Crippen molar-refractivity contribution < 1.29 is 9.53 Å². The van der Waals surface area contributed by atoms with Gasteiger partial charge in [-0.3, -0.25) is 0 Å². The molecule has 2 saturated heterocycles. The quantitative estimate of drug-likeness (QED) is 0.462. The second-order valence-electron chi connectivity index (χ2n) is 6.41.